The Kier molecular flexibility index (Phi) is 3.68. The zero-order valence-corrected chi connectivity index (χ0v) is 10.7. The van der Waals surface area contributed by atoms with Gasteiger partial charge in [0.05, 0.1) is 27.4 Å². The molecular weight excluding hydrogens is 295 g/mol. The van der Waals surface area contributed by atoms with Crippen molar-refractivity contribution in [2.45, 2.75) is 0 Å². The second-order valence-electron chi connectivity index (χ2n) is 3.38. The van der Waals surface area contributed by atoms with Crippen molar-refractivity contribution in [1.29, 1.82) is 0 Å². The molecule has 0 saturated carbocycles. The number of nitrogens with two attached hydrogens (primary N) is 1. The second-order valence-corrected chi connectivity index (χ2v) is 4.19. The molecule has 0 unspecified atom stereocenters. The summed E-state index contributed by atoms with van der Waals surface area (Å²) < 4.78 is 5.25. The molecule has 2 aromatic rings. The monoisotopic (exact) mass is 300 g/mol. The largest absolute Gasteiger partial charge is 0.430 e. The third-order valence-electron chi connectivity index (χ3n) is 2.04. The van der Waals surface area contributed by atoms with Crippen LogP contribution in [0, 0.1) is 10.1 Å². The summed E-state index contributed by atoms with van der Waals surface area (Å²) in [6, 6.07) is 2.33. The second kappa shape index (κ2) is 5.25. The number of hydrogen-bond acceptors (Lipinski definition) is 6. The molecular formula is C10H6Cl2N4O3. The van der Waals surface area contributed by atoms with Crippen LogP contribution in [-0.2, 0) is 0 Å². The third kappa shape index (κ3) is 3.01. The molecule has 0 atom stereocenters. The Balaban J connectivity index is 2.44. The first kappa shape index (κ1) is 13.3. The maximum Gasteiger partial charge on any atom is 0.313 e. The summed E-state index contributed by atoms with van der Waals surface area (Å²) in [7, 11) is 0. The van der Waals surface area contributed by atoms with Gasteiger partial charge in [0.15, 0.2) is 0 Å². The predicted molar refractivity (Wildman–Crippen MR) is 69.6 cm³/mol. The zero-order valence-electron chi connectivity index (χ0n) is 9.21. The Morgan fingerprint density at radius 3 is 2.58 bits per heavy atom. The number of nitrogens with zero attached hydrogens (tertiary/aromatic N) is 3. The smallest absolute Gasteiger partial charge is 0.313 e. The molecule has 1 heterocycles. The molecule has 0 saturated heterocycles. The van der Waals surface area contributed by atoms with Gasteiger partial charge in [-0.15, -0.1) is 0 Å². The molecule has 7 nitrogen and oxygen atoms in total. The number of nitro groups is 1. The highest BCUT2D eigenvalue weighted by molar-refractivity contribution is 6.42. The van der Waals surface area contributed by atoms with Crippen LogP contribution in [0.4, 0.5) is 11.5 Å². The van der Waals surface area contributed by atoms with Gasteiger partial charge in [0.2, 0.25) is 11.6 Å². The van der Waals surface area contributed by atoms with Crippen molar-refractivity contribution >= 4 is 34.7 Å². The van der Waals surface area contributed by atoms with Crippen LogP contribution in [0.1, 0.15) is 0 Å². The van der Waals surface area contributed by atoms with Gasteiger partial charge in [0, 0.05) is 12.1 Å². The molecule has 0 aliphatic heterocycles. The standard InChI is InChI=1S/C10H6Cl2N4O3/c11-5-1-7(16(17)18)8(2-6(5)12)19-10-4-14-3-9(13)15-10/h1-4H,(H2,13,15). The molecule has 0 aliphatic carbocycles. The molecule has 0 aliphatic rings. The van der Waals surface area contributed by atoms with Crippen LogP contribution in [0.25, 0.3) is 0 Å². The van der Waals surface area contributed by atoms with Crippen molar-refractivity contribution in [3.05, 3.63) is 44.7 Å². The van der Waals surface area contributed by atoms with Crippen LogP contribution in [0.5, 0.6) is 11.6 Å². The fourth-order valence-electron chi connectivity index (χ4n) is 1.27. The van der Waals surface area contributed by atoms with E-state index in [0.29, 0.717) is 0 Å². The number of nitro benzene ring substituents is 1. The number of ether oxygens (including phenoxy) is 1. The lowest BCUT2D eigenvalue weighted by atomic mass is 10.3. The summed E-state index contributed by atoms with van der Waals surface area (Å²) in [6.45, 7) is 0. The van der Waals surface area contributed by atoms with Gasteiger partial charge in [-0.1, -0.05) is 23.2 Å². The first-order valence-electron chi connectivity index (χ1n) is 4.86. The van der Waals surface area contributed by atoms with Crippen molar-refractivity contribution in [2.75, 3.05) is 5.73 Å². The number of rotatable bonds is 3. The molecule has 0 spiro atoms. The molecule has 19 heavy (non-hydrogen) atoms. The van der Waals surface area contributed by atoms with Crippen LogP contribution >= 0.6 is 23.2 Å². The Hall–Kier alpha value is -2.12. The summed E-state index contributed by atoms with van der Waals surface area (Å²) in [5, 5.41) is 11.1. The van der Waals surface area contributed by atoms with Gasteiger partial charge in [-0.05, 0) is 0 Å². The van der Waals surface area contributed by atoms with Crippen LogP contribution in [-0.4, -0.2) is 14.9 Å². The number of hydrogen-bond donors (Lipinski definition) is 1. The Labute approximate surface area is 117 Å². The maximum absolute atomic E-state index is 10.9. The van der Waals surface area contributed by atoms with Gasteiger partial charge in [0.1, 0.15) is 5.82 Å². The van der Waals surface area contributed by atoms with Gasteiger partial charge in [-0.25, -0.2) is 0 Å². The summed E-state index contributed by atoms with van der Waals surface area (Å²) in [5.41, 5.74) is 5.09. The molecule has 0 radical (unpaired) electrons. The van der Waals surface area contributed by atoms with Crippen molar-refractivity contribution in [2.24, 2.45) is 0 Å². The van der Waals surface area contributed by atoms with E-state index in [4.69, 9.17) is 33.7 Å². The molecule has 9 heteroatoms. The average Bonchev–Trinajstić information content (AvgIpc) is 2.33. The van der Waals surface area contributed by atoms with E-state index in [1.54, 1.807) is 0 Å². The van der Waals surface area contributed by atoms with Crippen molar-refractivity contribution in [1.82, 2.24) is 9.97 Å². The van der Waals surface area contributed by atoms with Gasteiger partial charge in [-0.3, -0.25) is 15.1 Å². The van der Waals surface area contributed by atoms with Crippen molar-refractivity contribution < 1.29 is 9.66 Å². The van der Waals surface area contributed by atoms with E-state index in [0.717, 1.165) is 6.07 Å². The Morgan fingerprint density at radius 2 is 1.95 bits per heavy atom. The lowest BCUT2D eigenvalue weighted by molar-refractivity contribution is -0.385. The number of halogens is 2. The first-order valence-corrected chi connectivity index (χ1v) is 5.62. The minimum atomic E-state index is -0.642. The van der Waals surface area contributed by atoms with E-state index >= 15 is 0 Å². The molecule has 0 bridgehead atoms. The number of nitrogen functional groups attached to an aromatic ring is 1. The SMILES string of the molecule is Nc1cncc(Oc2cc(Cl)c(Cl)cc2[N+](=O)[O-])n1. The predicted octanol–water partition coefficient (Wildman–Crippen LogP) is 3.07. The molecule has 98 valence electrons. The molecule has 0 amide bonds. The third-order valence-corrected chi connectivity index (χ3v) is 2.77. The topological polar surface area (TPSA) is 104 Å². The lowest BCUT2D eigenvalue weighted by Gasteiger charge is -2.06. The van der Waals surface area contributed by atoms with E-state index in [-0.39, 0.29) is 33.2 Å². The van der Waals surface area contributed by atoms with E-state index in [1.807, 2.05) is 0 Å². The van der Waals surface area contributed by atoms with Crippen LogP contribution < -0.4 is 10.5 Å². The lowest BCUT2D eigenvalue weighted by Crippen LogP contribution is -1.97. The zero-order chi connectivity index (χ0) is 14.0. The normalized spacial score (nSPS) is 10.2. The van der Waals surface area contributed by atoms with Gasteiger partial charge in [0.25, 0.3) is 0 Å². The minimum absolute atomic E-state index is 0.0153. The number of anilines is 1. The highest BCUT2D eigenvalue weighted by Crippen LogP contribution is 2.37. The minimum Gasteiger partial charge on any atom is -0.430 e. The maximum atomic E-state index is 10.9. The van der Waals surface area contributed by atoms with E-state index in [9.17, 15) is 10.1 Å². The van der Waals surface area contributed by atoms with Crippen molar-refractivity contribution in [3.8, 4) is 11.6 Å². The van der Waals surface area contributed by atoms with E-state index in [1.165, 1.54) is 18.5 Å². The summed E-state index contributed by atoms with van der Waals surface area (Å²) >= 11 is 11.5. The van der Waals surface area contributed by atoms with E-state index in [2.05, 4.69) is 9.97 Å². The molecule has 1 aromatic heterocycles. The molecule has 2 N–H and O–H groups in total. The van der Waals surface area contributed by atoms with Crippen LogP contribution in [0.2, 0.25) is 10.0 Å². The van der Waals surface area contributed by atoms with Gasteiger partial charge < -0.3 is 10.5 Å². The van der Waals surface area contributed by atoms with E-state index < -0.39 is 4.92 Å². The first-order chi connectivity index (χ1) is 8.97. The molecule has 0 fully saturated rings. The Bertz CT molecular complexity index is 651. The number of benzene rings is 1. The summed E-state index contributed by atoms with van der Waals surface area (Å²) in [6.07, 6.45) is 2.58. The average molecular weight is 301 g/mol. The highest BCUT2D eigenvalue weighted by Gasteiger charge is 2.19. The summed E-state index contributed by atoms with van der Waals surface area (Å²) in [4.78, 5) is 17.8. The Morgan fingerprint density at radius 1 is 1.26 bits per heavy atom. The summed E-state index contributed by atoms with van der Waals surface area (Å²) in [5.74, 6) is 0.0426. The van der Waals surface area contributed by atoms with Gasteiger partial charge >= 0.3 is 5.69 Å². The fraction of sp³-hybridized carbons (Fsp3) is 0. The molecule has 1 aromatic carbocycles. The highest BCUT2D eigenvalue weighted by atomic mass is 35.5. The van der Waals surface area contributed by atoms with Gasteiger partial charge in [-0.2, -0.15) is 4.98 Å². The molecule has 2 rings (SSSR count). The fourth-order valence-corrected chi connectivity index (χ4v) is 1.58. The van der Waals surface area contributed by atoms with Crippen molar-refractivity contribution in [3.63, 3.8) is 0 Å². The number of aromatic nitrogens is 2. The quantitative estimate of drug-likeness (QED) is 0.690. The van der Waals surface area contributed by atoms with Crippen LogP contribution in [0.3, 0.4) is 0 Å². The van der Waals surface area contributed by atoms with Crippen LogP contribution in [0.15, 0.2) is 24.5 Å².